The summed E-state index contributed by atoms with van der Waals surface area (Å²) in [5.41, 5.74) is 10.6. The molecule has 0 aliphatic heterocycles. The molecule has 9 aromatic rings. The Bertz CT molecular complexity index is 2530. The van der Waals surface area contributed by atoms with Crippen LogP contribution in [0.1, 0.15) is 5.56 Å². The lowest BCUT2D eigenvalue weighted by molar-refractivity contribution is 1.10. The summed E-state index contributed by atoms with van der Waals surface area (Å²) in [6.07, 6.45) is 0. The van der Waals surface area contributed by atoms with Crippen molar-refractivity contribution in [3.8, 4) is 39.3 Å². The van der Waals surface area contributed by atoms with Gasteiger partial charge < -0.3 is 0 Å². The number of hydrogen-bond acceptors (Lipinski definition) is 1. The van der Waals surface area contributed by atoms with Gasteiger partial charge in [0, 0.05) is 11.3 Å². The zero-order valence-corrected chi connectivity index (χ0v) is 25.5. The molecule has 2 heteroatoms. The van der Waals surface area contributed by atoms with Crippen molar-refractivity contribution in [2.24, 2.45) is 0 Å². The van der Waals surface area contributed by atoms with Crippen molar-refractivity contribution in [2.45, 2.75) is 6.92 Å². The van der Waals surface area contributed by atoms with Crippen LogP contribution in [-0.2, 0) is 0 Å². The van der Waals surface area contributed by atoms with E-state index in [4.69, 9.17) is 4.98 Å². The standard InChI is InChI=1S/C44H30N2/c1-29-12-11-13-32(26-29)42-36-16-5-7-18-38(36)43(39-19-8-6-17-37(39)42)33-24-22-31-28-34(25-23-30(31)27-33)44-45-40-20-9-10-21-41(40)46(44)35-14-3-2-4-15-35/h2-28H,1H3. The molecule has 8 aromatic carbocycles. The maximum atomic E-state index is 5.10. The van der Waals surface area contributed by atoms with Gasteiger partial charge in [0.05, 0.1) is 11.0 Å². The Morgan fingerprint density at radius 1 is 0.435 bits per heavy atom. The first kappa shape index (κ1) is 26.4. The van der Waals surface area contributed by atoms with E-state index in [0.717, 1.165) is 28.1 Å². The van der Waals surface area contributed by atoms with E-state index < -0.39 is 0 Å². The predicted octanol–water partition coefficient (Wildman–Crippen LogP) is 11.8. The number of aryl methyl sites for hydroxylation is 1. The summed E-state index contributed by atoms with van der Waals surface area (Å²) in [6, 6.07) is 59.1. The van der Waals surface area contributed by atoms with Crippen molar-refractivity contribution in [1.82, 2.24) is 9.55 Å². The van der Waals surface area contributed by atoms with Crippen LogP contribution in [0.4, 0.5) is 0 Å². The second-order valence-electron chi connectivity index (χ2n) is 12.1. The molecule has 0 N–H and O–H groups in total. The first-order valence-electron chi connectivity index (χ1n) is 15.8. The monoisotopic (exact) mass is 586 g/mol. The molecule has 216 valence electrons. The van der Waals surface area contributed by atoms with E-state index >= 15 is 0 Å². The minimum atomic E-state index is 0.946. The molecule has 0 fully saturated rings. The van der Waals surface area contributed by atoms with E-state index in [-0.39, 0.29) is 0 Å². The van der Waals surface area contributed by atoms with Gasteiger partial charge in [0.25, 0.3) is 0 Å². The molecule has 9 rings (SSSR count). The highest BCUT2D eigenvalue weighted by Gasteiger charge is 2.18. The van der Waals surface area contributed by atoms with Crippen LogP contribution in [0.2, 0.25) is 0 Å². The predicted molar refractivity (Wildman–Crippen MR) is 195 cm³/mol. The third-order valence-corrected chi connectivity index (χ3v) is 9.20. The number of fused-ring (bicyclic) bond motifs is 4. The van der Waals surface area contributed by atoms with Gasteiger partial charge in [-0.3, -0.25) is 4.57 Å². The van der Waals surface area contributed by atoms with Gasteiger partial charge in [-0.2, -0.15) is 0 Å². The molecule has 0 atom stereocenters. The summed E-state index contributed by atoms with van der Waals surface area (Å²) < 4.78 is 2.26. The van der Waals surface area contributed by atoms with Gasteiger partial charge in [0.2, 0.25) is 0 Å². The molecule has 0 radical (unpaired) electrons. The van der Waals surface area contributed by atoms with E-state index in [1.807, 2.05) is 0 Å². The van der Waals surface area contributed by atoms with Crippen molar-refractivity contribution in [1.29, 1.82) is 0 Å². The van der Waals surface area contributed by atoms with Gasteiger partial charge in [-0.1, -0.05) is 133 Å². The molecule has 0 spiro atoms. The molecule has 0 aliphatic rings. The second kappa shape index (κ2) is 10.6. The maximum absolute atomic E-state index is 5.10. The highest BCUT2D eigenvalue weighted by atomic mass is 15.1. The van der Waals surface area contributed by atoms with E-state index in [2.05, 4.69) is 175 Å². The van der Waals surface area contributed by atoms with Crippen LogP contribution in [0.25, 0.3) is 82.7 Å². The van der Waals surface area contributed by atoms with Crippen LogP contribution in [0.5, 0.6) is 0 Å². The van der Waals surface area contributed by atoms with Gasteiger partial charge in [0.15, 0.2) is 0 Å². The topological polar surface area (TPSA) is 17.8 Å². The Kier molecular flexibility index (Phi) is 6.07. The van der Waals surface area contributed by atoms with E-state index in [0.29, 0.717) is 0 Å². The lowest BCUT2D eigenvalue weighted by Crippen LogP contribution is -1.97. The number of aromatic nitrogens is 2. The van der Waals surface area contributed by atoms with Crippen molar-refractivity contribution in [2.75, 3.05) is 0 Å². The average molecular weight is 587 g/mol. The van der Waals surface area contributed by atoms with Gasteiger partial charge in [-0.15, -0.1) is 0 Å². The molecule has 0 saturated heterocycles. The molecular weight excluding hydrogens is 556 g/mol. The fourth-order valence-corrected chi connectivity index (χ4v) is 7.15. The first-order valence-corrected chi connectivity index (χ1v) is 15.8. The molecule has 1 aromatic heterocycles. The number of rotatable bonds is 4. The number of benzene rings is 8. The minimum Gasteiger partial charge on any atom is -0.292 e. The zero-order valence-electron chi connectivity index (χ0n) is 25.5. The largest absolute Gasteiger partial charge is 0.292 e. The van der Waals surface area contributed by atoms with Gasteiger partial charge in [-0.25, -0.2) is 4.98 Å². The Morgan fingerprint density at radius 3 is 1.63 bits per heavy atom. The summed E-state index contributed by atoms with van der Waals surface area (Å²) in [5.74, 6) is 0.946. The Labute approximate surface area is 267 Å². The highest BCUT2D eigenvalue weighted by Crippen LogP contribution is 2.44. The van der Waals surface area contributed by atoms with E-state index in [9.17, 15) is 0 Å². The van der Waals surface area contributed by atoms with E-state index in [1.165, 1.54) is 60.1 Å². The Hall–Kier alpha value is -5.99. The molecule has 0 unspecified atom stereocenters. The molecule has 0 bridgehead atoms. The Balaban J connectivity index is 1.24. The van der Waals surface area contributed by atoms with E-state index in [1.54, 1.807) is 0 Å². The van der Waals surface area contributed by atoms with Gasteiger partial charge in [-0.05, 0) is 97.9 Å². The average Bonchev–Trinajstić information content (AvgIpc) is 3.50. The quantitative estimate of drug-likeness (QED) is 0.188. The zero-order chi connectivity index (χ0) is 30.6. The molecule has 2 nitrogen and oxygen atoms in total. The maximum Gasteiger partial charge on any atom is 0.145 e. The molecule has 0 saturated carbocycles. The van der Waals surface area contributed by atoms with Crippen LogP contribution < -0.4 is 0 Å². The van der Waals surface area contributed by atoms with Crippen LogP contribution in [0, 0.1) is 6.92 Å². The number of para-hydroxylation sites is 3. The Morgan fingerprint density at radius 2 is 0.978 bits per heavy atom. The summed E-state index contributed by atoms with van der Waals surface area (Å²) in [6.45, 7) is 2.17. The molecule has 1 heterocycles. The van der Waals surface area contributed by atoms with Crippen LogP contribution in [-0.4, -0.2) is 9.55 Å². The summed E-state index contributed by atoms with van der Waals surface area (Å²) in [5, 5.41) is 7.49. The number of hydrogen-bond donors (Lipinski definition) is 0. The van der Waals surface area contributed by atoms with Gasteiger partial charge >= 0.3 is 0 Å². The van der Waals surface area contributed by atoms with Crippen molar-refractivity contribution >= 4 is 43.4 Å². The van der Waals surface area contributed by atoms with Crippen molar-refractivity contribution < 1.29 is 0 Å². The highest BCUT2D eigenvalue weighted by molar-refractivity contribution is 6.21. The molecule has 0 aliphatic carbocycles. The molecule has 0 amide bonds. The van der Waals surface area contributed by atoms with Crippen LogP contribution >= 0.6 is 0 Å². The summed E-state index contributed by atoms with van der Waals surface area (Å²) in [7, 11) is 0. The fraction of sp³-hybridized carbons (Fsp3) is 0.0227. The third kappa shape index (κ3) is 4.22. The van der Waals surface area contributed by atoms with Gasteiger partial charge in [0.1, 0.15) is 5.82 Å². The van der Waals surface area contributed by atoms with Crippen molar-refractivity contribution in [3.63, 3.8) is 0 Å². The van der Waals surface area contributed by atoms with Crippen molar-refractivity contribution in [3.05, 3.63) is 169 Å². The minimum absolute atomic E-state index is 0.946. The molecule has 46 heavy (non-hydrogen) atoms. The third-order valence-electron chi connectivity index (χ3n) is 9.20. The van der Waals surface area contributed by atoms with Crippen LogP contribution in [0.3, 0.4) is 0 Å². The first-order chi connectivity index (χ1) is 22.7. The number of imidazole rings is 1. The second-order valence-corrected chi connectivity index (χ2v) is 12.1. The van der Waals surface area contributed by atoms with Crippen LogP contribution in [0.15, 0.2) is 164 Å². The number of nitrogens with zero attached hydrogens (tertiary/aromatic N) is 2. The smallest absolute Gasteiger partial charge is 0.145 e. The lowest BCUT2D eigenvalue weighted by Gasteiger charge is -2.18. The fourth-order valence-electron chi connectivity index (χ4n) is 7.15. The SMILES string of the molecule is Cc1cccc(-c2c3ccccc3c(-c3ccc4cc(-c5nc6ccccc6n5-c5ccccc5)ccc4c3)c3ccccc23)c1. The normalized spacial score (nSPS) is 11.6. The summed E-state index contributed by atoms with van der Waals surface area (Å²) in [4.78, 5) is 5.10. The lowest BCUT2D eigenvalue weighted by atomic mass is 9.85. The summed E-state index contributed by atoms with van der Waals surface area (Å²) >= 11 is 0. The molecular formula is C44H30N2.